The molecule has 26 heavy (non-hydrogen) atoms. The van der Waals surface area contributed by atoms with Crippen LogP contribution in [0.1, 0.15) is 27.9 Å². The topological polar surface area (TPSA) is 78.1 Å². The van der Waals surface area contributed by atoms with E-state index >= 15 is 0 Å². The van der Waals surface area contributed by atoms with Crippen molar-refractivity contribution in [1.29, 1.82) is 0 Å². The van der Waals surface area contributed by atoms with Crippen LogP contribution in [0.5, 0.6) is 0 Å². The van der Waals surface area contributed by atoms with E-state index in [1.54, 1.807) is 17.3 Å². The third kappa shape index (κ3) is 3.06. The first-order chi connectivity index (χ1) is 12.6. The molecular formula is C20H20N4O2. The van der Waals surface area contributed by atoms with Gasteiger partial charge in [0.25, 0.3) is 5.91 Å². The molecule has 2 heterocycles. The predicted octanol–water partition coefficient (Wildman–Crippen LogP) is 2.44. The van der Waals surface area contributed by atoms with Crippen LogP contribution < -0.4 is 10.2 Å². The lowest BCUT2D eigenvalue weighted by atomic mass is 9.98. The van der Waals surface area contributed by atoms with Crippen LogP contribution in [-0.4, -0.2) is 35.4 Å². The Kier molecular flexibility index (Phi) is 4.16. The van der Waals surface area contributed by atoms with E-state index in [2.05, 4.69) is 21.4 Å². The van der Waals surface area contributed by atoms with Gasteiger partial charge in [-0.15, -0.1) is 0 Å². The number of rotatable bonds is 4. The quantitative estimate of drug-likeness (QED) is 0.760. The van der Waals surface area contributed by atoms with E-state index in [4.69, 9.17) is 0 Å². The molecule has 0 saturated carbocycles. The van der Waals surface area contributed by atoms with Gasteiger partial charge in [0.05, 0.1) is 17.4 Å². The third-order valence-corrected chi connectivity index (χ3v) is 4.87. The van der Waals surface area contributed by atoms with Gasteiger partial charge in [-0.05, 0) is 48.2 Å². The number of anilines is 1. The SMILES string of the molecule is CN1C(=O)CCc2cc(CCNC(=O)c3ccc4nc[nH]c4c3)ccc21. The van der Waals surface area contributed by atoms with Crippen LogP contribution in [0.3, 0.4) is 0 Å². The molecule has 0 atom stereocenters. The van der Waals surface area contributed by atoms with Crippen LogP contribution in [0.15, 0.2) is 42.7 Å². The molecule has 0 bridgehead atoms. The summed E-state index contributed by atoms with van der Waals surface area (Å²) in [4.78, 5) is 33.0. The van der Waals surface area contributed by atoms with Crippen LogP contribution in [0.2, 0.25) is 0 Å². The number of aryl methyl sites for hydroxylation is 1. The Morgan fingerprint density at radius 2 is 2.12 bits per heavy atom. The van der Waals surface area contributed by atoms with Crippen molar-refractivity contribution in [2.24, 2.45) is 0 Å². The van der Waals surface area contributed by atoms with Gasteiger partial charge in [0.2, 0.25) is 5.91 Å². The van der Waals surface area contributed by atoms with Gasteiger partial charge in [0.1, 0.15) is 0 Å². The Bertz CT molecular complexity index is 992. The zero-order valence-corrected chi connectivity index (χ0v) is 14.6. The van der Waals surface area contributed by atoms with Crippen LogP contribution in [0.4, 0.5) is 5.69 Å². The Hall–Kier alpha value is -3.15. The number of nitrogens with zero attached hydrogens (tertiary/aromatic N) is 2. The second-order valence-electron chi connectivity index (χ2n) is 6.56. The summed E-state index contributed by atoms with van der Waals surface area (Å²) in [5.74, 6) is 0.0662. The predicted molar refractivity (Wildman–Crippen MR) is 100 cm³/mol. The number of amides is 2. The lowest BCUT2D eigenvalue weighted by Crippen LogP contribution is -2.31. The minimum atomic E-state index is -0.0928. The van der Waals surface area contributed by atoms with Gasteiger partial charge in [-0.1, -0.05) is 12.1 Å². The maximum absolute atomic E-state index is 12.3. The zero-order chi connectivity index (χ0) is 18.1. The van der Waals surface area contributed by atoms with Crippen molar-refractivity contribution in [2.75, 3.05) is 18.5 Å². The highest BCUT2D eigenvalue weighted by Gasteiger charge is 2.20. The first-order valence-corrected chi connectivity index (χ1v) is 8.71. The van der Waals surface area contributed by atoms with E-state index in [1.807, 2.05) is 31.3 Å². The number of carbonyl (C=O) groups excluding carboxylic acids is 2. The number of fused-ring (bicyclic) bond motifs is 2. The molecule has 2 aromatic carbocycles. The number of H-pyrrole nitrogens is 1. The average molecular weight is 348 g/mol. The lowest BCUT2D eigenvalue weighted by molar-refractivity contribution is -0.118. The fourth-order valence-electron chi connectivity index (χ4n) is 3.36. The largest absolute Gasteiger partial charge is 0.352 e. The summed E-state index contributed by atoms with van der Waals surface area (Å²) in [5.41, 5.74) is 5.66. The average Bonchev–Trinajstić information content (AvgIpc) is 3.12. The molecule has 132 valence electrons. The normalized spacial score (nSPS) is 13.7. The molecule has 1 aromatic heterocycles. The monoisotopic (exact) mass is 348 g/mol. The Morgan fingerprint density at radius 3 is 3.00 bits per heavy atom. The summed E-state index contributed by atoms with van der Waals surface area (Å²) >= 11 is 0. The standard InChI is InChI=1S/C20H20N4O2/c1-24-18-6-2-13(10-14(18)4-7-19(24)25)8-9-21-20(26)15-3-5-16-17(11-15)23-12-22-16/h2-3,5-6,10-12H,4,7-9H2,1H3,(H,21,26)(H,22,23). The molecule has 6 heteroatoms. The number of aromatic nitrogens is 2. The van der Waals surface area contributed by atoms with Crippen molar-refractivity contribution in [3.05, 3.63) is 59.4 Å². The van der Waals surface area contributed by atoms with E-state index in [9.17, 15) is 9.59 Å². The fourth-order valence-corrected chi connectivity index (χ4v) is 3.36. The number of imidazole rings is 1. The lowest BCUT2D eigenvalue weighted by Gasteiger charge is -2.26. The Balaban J connectivity index is 1.38. The molecule has 3 aromatic rings. The van der Waals surface area contributed by atoms with Crippen LogP contribution in [0, 0.1) is 0 Å². The van der Waals surface area contributed by atoms with Gasteiger partial charge >= 0.3 is 0 Å². The summed E-state index contributed by atoms with van der Waals surface area (Å²) in [7, 11) is 1.82. The fraction of sp³-hybridized carbons (Fsp3) is 0.250. The van der Waals surface area contributed by atoms with E-state index in [0.29, 0.717) is 18.5 Å². The molecule has 0 spiro atoms. The number of nitrogens with one attached hydrogen (secondary N) is 2. The molecule has 0 fully saturated rings. The number of hydrogen-bond donors (Lipinski definition) is 2. The van der Waals surface area contributed by atoms with Gasteiger partial charge in [0.15, 0.2) is 0 Å². The second-order valence-corrected chi connectivity index (χ2v) is 6.56. The van der Waals surface area contributed by atoms with Gasteiger partial charge in [-0.2, -0.15) is 0 Å². The number of carbonyl (C=O) groups is 2. The summed E-state index contributed by atoms with van der Waals surface area (Å²) in [6.07, 6.45) is 3.71. The van der Waals surface area contributed by atoms with Crippen LogP contribution >= 0.6 is 0 Å². The van der Waals surface area contributed by atoms with E-state index in [-0.39, 0.29) is 11.8 Å². The summed E-state index contributed by atoms with van der Waals surface area (Å²) in [6, 6.07) is 11.6. The highest BCUT2D eigenvalue weighted by molar-refractivity contribution is 5.97. The van der Waals surface area contributed by atoms with Crippen LogP contribution in [0.25, 0.3) is 11.0 Å². The summed E-state index contributed by atoms with van der Waals surface area (Å²) in [5, 5.41) is 2.96. The summed E-state index contributed by atoms with van der Waals surface area (Å²) in [6.45, 7) is 0.563. The number of hydrogen-bond acceptors (Lipinski definition) is 3. The van der Waals surface area contributed by atoms with E-state index in [1.165, 1.54) is 5.56 Å². The maximum atomic E-state index is 12.3. The van der Waals surface area contributed by atoms with Gasteiger partial charge in [-0.3, -0.25) is 9.59 Å². The molecule has 4 rings (SSSR count). The Morgan fingerprint density at radius 1 is 1.23 bits per heavy atom. The zero-order valence-electron chi connectivity index (χ0n) is 14.6. The van der Waals surface area contributed by atoms with Gasteiger partial charge < -0.3 is 15.2 Å². The van der Waals surface area contributed by atoms with Crippen LogP contribution in [-0.2, 0) is 17.6 Å². The van der Waals surface area contributed by atoms with Crippen molar-refractivity contribution in [2.45, 2.75) is 19.3 Å². The molecule has 1 aliphatic heterocycles. The van der Waals surface area contributed by atoms with Crippen molar-refractivity contribution in [1.82, 2.24) is 15.3 Å². The van der Waals surface area contributed by atoms with Crippen molar-refractivity contribution >= 4 is 28.5 Å². The van der Waals surface area contributed by atoms with Gasteiger partial charge in [0, 0.05) is 31.3 Å². The third-order valence-electron chi connectivity index (χ3n) is 4.87. The maximum Gasteiger partial charge on any atom is 0.251 e. The molecule has 1 aliphatic rings. The molecule has 2 amide bonds. The van der Waals surface area contributed by atoms with E-state index in [0.717, 1.165) is 35.1 Å². The molecule has 0 saturated heterocycles. The smallest absolute Gasteiger partial charge is 0.251 e. The molecule has 0 aliphatic carbocycles. The molecule has 0 radical (unpaired) electrons. The minimum absolute atomic E-state index is 0.0928. The highest BCUT2D eigenvalue weighted by Crippen LogP contribution is 2.27. The Labute approximate surface area is 151 Å². The van der Waals surface area contributed by atoms with Crippen molar-refractivity contribution in [3.8, 4) is 0 Å². The van der Waals surface area contributed by atoms with E-state index < -0.39 is 0 Å². The summed E-state index contributed by atoms with van der Waals surface area (Å²) < 4.78 is 0. The first kappa shape index (κ1) is 16.3. The highest BCUT2D eigenvalue weighted by atomic mass is 16.2. The van der Waals surface area contributed by atoms with Crippen molar-refractivity contribution < 1.29 is 9.59 Å². The first-order valence-electron chi connectivity index (χ1n) is 8.71. The number of benzene rings is 2. The molecule has 0 unspecified atom stereocenters. The van der Waals surface area contributed by atoms with Crippen molar-refractivity contribution in [3.63, 3.8) is 0 Å². The number of aromatic amines is 1. The van der Waals surface area contributed by atoms with Gasteiger partial charge in [-0.25, -0.2) is 4.98 Å². The molecular weight excluding hydrogens is 328 g/mol. The minimum Gasteiger partial charge on any atom is -0.352 e. The molecule has 2 N–H and O–H groups in total. The molecule has 6 nitrogen and oxygen atoms in total. The second kappa shape index (κ2) is 6.63.